The largest absolute Gasteiger partial charge is 0.497 e. The number of hydrogen-bond donors (Lipinski definition) is 3. The molecule has 140 valence electrons. The number of ether oxygens (including phenoxy) is 2. The quantitative estimate of drug-likeness (QED) is 0.596. The second kappa shape index (κ2) is 8.37. The van der Waals surface area contributed by atoms with Crippen LogP contribution in [0.5, 0.6) is 11.5 Å². The number of H-pyrrole nitrogens is 1. The smallest absolute Gasteiger partial charge is 0.257 e. The highest BCUT2D eigenvalue weighted by Crippen LogP contribution is 2.25. The zero-order valence-electron chi connectivity index (χ0n) is 15.5. The molecule has 0 unspecified atom stereocenters. The fourth-order valence-corrected chi connectivity index (χ4v) is 2.72. The second-order valence-corrected chi connectivity index (χ2v) is 5.86. The molecule has 0 saturated heterocycles. The molecule has 1 aromatic heterocycles. The molecular weight excluding hydrogens is 344 g/mol. The molecule has 0 fully saturated rings. The lowest BCUT2D eigenvalue weighted by Gasteiger charge is -2.12. The fourth-order valence-electron chi connectivity index (χ4n) is 2.72. The molecule has 0 aliphatic heterocycles. The first-order valence-electron chi connectivity index (χ1n) is 8.48. The van der Waals surface area contributed by atoms with E-state index in [4.69, 9.17) is 9.47 Å². The van der Waals surface area contributed by atoms with Crippen LogP contribution in [0, 0.1) is 0 Å². The van der Waals surface area contributed by atoms with Gasteiger partial charge in [0.25, 0.3) is 5.56 Å². The molecule has 7 nitrogen and oxygen atoms in total. The van der Waals surface area contributed by atoms with Crippen molar-refractivity contribution in [2.75, 3.05) is 26.6 Å². The molecule has 0 amide bonds. The van der Waals surface area contributed by atoms with E-state index in [0.29, 0.717) is 29.5 Å². The van der Waals surface area contributed by atoms with E-state index >= 15 is 0 Å². The number of nitrogens with zero attached hydrogens (tertiary/aromatic N) is 1. The Balaban J connectivity index is 2.03. The SMILES string of the molecule is CNCc1c(-c2ccc(OC)cc2)nc(Nc2cccc(OC)c2)[nH]c1=O. The van der Waals surface area contributed by atoms with Crippen molar-refractivity contribution in [1.29, 1.82) is 0 Å². The van der Waals surface area contributed by atoms with E-state index < -0.39 is 0 Å². The first-order valence-corrected chi connectivity index (χ1v) is 8.48. The number of anilines is 2. The van der Waals surface area contributed by atoms with Gasteiger partial charge < -0.3 is 20.1 Å². The maximum absolute atomic E-state index is 12.6. The van der Waals surface area contributed by atoms with Gasteiger partial charge in [-0.3, -0.25) is 9.78 Å². The Morgan fingerprint density at radius 2 is 1.78 bits per heavy atom. The van der Waals surface area contributed by atoms with Crippen LogP contribution >= 0.6 is 0 Å². The Bertz CT molecular complexity index is 968. The summed E-state index contributed by atoms with van der Waals surface area (Å²) >= 11 is 0. The third-order valence-corrected chi connectivity index (χ3v) is 4.06. The van der Waals surface area contributed by atoms with Gasteiger partial charge in [-0.2, -0.15) is 0 Å². The van der Waals surface area contributed by atoms with E-state index in [0.717, 1.165) is 17.0 Å². The standard InChI is InChI=1S/C20H22N4O3/c1-21-12-17-18(13-7-9-15(26-2)10-8-13)23-20(24-19(17)25)22-14-5-4-6-16(11-14)27-3/h4-11,21H,12H2,1-3H3,(H2,22,23,24,25). The Morgan fingerprint density at radius 3 is 2.44 bits per heavy atom. The first kappa shape index (κ1) is 18.5. The molecule has 0 atom stereocenters. The summed E-state index contributed by atoms with van der Waals surface area (Å²) in [6, 6.07) is 14.9. The average Bonchev–Trinajstić information content (AvgIpc) is 2.70. The van der Waals surface area contributed by atoms with Crippen LogP contribution in [0.4, 0.5) is 11.6 Å². The van der Waals surface area contributed by atoms with Gasteiger partial charge in [-0.1, -0.05) is 6.07 Å². The summed E-state index contributed by atoms with van der Waals surface area (Å²) in [6.45, 7) is 0.406. The van der Waals surface area contributed by atoms with E-state index in [-0.39, 0.29) is 5.56 Å². The Hall–Kier alpha value is -3.32. The highest BCUT2D eigenvalue weighted by atomic mass is 16.5. The predicted octanol–water partition coefficient (Wildman–Crippen LogP) is 2.92. The van der Waals surface area contributed by atoms with Crippen molar-refractivity contribution in [3.05, 3.63) is 64.4 Å². The van der Waals surface area contributed by atoms with Crippen LogP contribution in [-0.2, 0) is 6.54 Å². The number of rotatable bonds is 7. The molecule has 3 rings (SSSR count). The lowest BCUT2D eigenvalue weighted by atomic mass is 10.1. The summed E-state index contributed by atoms with van der Waals surface area (Å²) in [4.78, 5) is 20.1. The van der Waals surface area contributed by atoms with Gasteiger partial charge in [0.05, 0.1) is 25.5 Å². The number of nitrogens with one attached hydrogen (secondary N) is 3. The van der Waals surface area contributed by atoms with Crippen LogP contribution in [0.25, 0.3) is 11.3 Å². The van der Waals surface area contributed by atoms with E-state index in [2.05, 4.69) is 20.6 Å². The van der Waals surface area contributed by atoms with Crippen molar-refractivity contribution >= 4 is 11.6 Å². The zero-order chi connectivity index (χ0) is 19.2. The normalized spacial score (nSPS) is 10.5. The number of aromatic nitrogens is 2. The minimum atomic E-state index is -0.199. The molecule has 27 heavy (non-hydrogen) atoms. The molecule has 3 N–H and O–H groups in total. The van der Waals surface area contributed by atoms with Crippen molar-refractivity contribution in [1.82, 2.24) is 15.3 Å². The lowest BCUT2D eigenvalue weighted by molar-refractivity contribution is 0.415. The summed E-state index contributed by atoms with van der Waals surface area (Å²) in [6.07, 6.45) is 0. The van der Waals surface area contributed by atoms with Crippen molar-refractivity contribution in [3.63, 3.8) is 0 Å². The summed E-state index contributed by atoms with van der Waals surface area (Å²) in [5.41, 5.74) is 2.58. The van der Waals surface area contributed by atoms with E-state index in [9.17, 15) is 4.79 Å². The van der Waals surface area contributed by atoms with Gasteiger partial charge in [0.15, 0.2) is 0 Å². The van der Waals surface area contributed by atoms with Crippen LogP contribution in [0.1, 0.15) is 5.56 Å². The molecule has 0 radical (unpaired) electrons. The zero-order valence-corrected chi connectivity index (χ0v) is 15.5. The fraction of sp³-hybridized carbons (Fsp3) is 0.200. The first-order chi connectivity index (χ1) is 13.1. The number of hydrogen-bond acceptors (Lipinski definition) is 6. The average molecular weight is 366 g/mol. The van der Waals surface area contributed by atoms with Crippen molar-refractivity contribution in [2.24, 2.45) is 0 Å². The van der Waals surface area contributed by atoms with Crippen LogP contribution in [0.15, 0.2) is 53.3 Å². The topological polar surface area (TPSA) is 88.3 Å². The molecular formula is C20H22N4O3. The lowest BCUT2D eigenvalue weighted by Crippen LogP contribution is -2.22. The molecule has 3 aromatic rings. The van der Waals surface area contributed by atoms with Gasteiger partial charge in [-0.05, 0) is 43.4 Å². The van der Waals surface area contributed by atoms with Gasteiger partial charge >= 0.3 is 0 Å². The van der Waals surface area contributed by atoms with E-state index in [1.807, 2.05) is 48.5 Å². The maximum Gasteiger partial charge on any atom is 0.257 e. The molecule has 0 saturated carbocycles. The Morgan fingerprint density at radius 1 is 1.04 bits per heavy atom. The molecule has 1 heterocycles. The summed E-state index contributed by atoms with van der Waals surface area (Å²) in [7, 11) is 5.01. The van der Waals surface area contributed by atoms with Gasteiger partial charge in [0.2, 0.25) is 5.95 Å². The van der Waals surface area contributed by atoms with Gasteiger partial charge in [-0.25, -0.2) is 4.98 Å². The monoisotopic (exact) mass is 366 g/mol. The molecule has 0 spiro atoms. The molecule has 0 aliphatic carbocycles. The van der Waals surface area contributed by atoms with Crippen molar-refractivity contribution in [2.45, 2.75) is 6.54 Å². The maximum atomic E-state index is 12.6. The van der Waals surface area contributed by atoms with E-state index in [1.54, 1.807) is 21.3 Å². The van der Waals surface area contributed by atoms with Crippen LogP contribution < -0.4 is 25.7 Å². The van der Waals surface area contributed by atoms with Crippen molar-refractivity contribution in [3.8, 4) is 22.8 Å². The summed E-state index contributed by atoms with van der Waals surface area (Å²) in [5.74, 6) is 1.82. The highest BCUT2D eigenvalue weighted by Gasteiger charge is 2.13. The Kier molecular flexibility index (Phi) is 5.73. The van der Waals surface area contributed by atoms with Crippen LogP contribution in [0.3, 0.4) is 0 Å². The summed E-state index contributed by atoms with van der Waals surface area (Å²) < 4.78 is 10.4. The Labute approximate surface area is 157 Å². The minimum absolute atomic E-state index is 0.199. The van der Waals surface area contributed by atoms with Crippen LogP contribution in [0.2, 0.25) is 0 Å². The molecule has 0 bridgehead atoms. The molecule has 2 aromatic carbocycles. The van der Waals surface area contributed by atoms with Gasteiger partial charge in [0.1, 0.15) is 11.5 Å². The number of aromatic amines is 1. The van der Waals surface area contributed by atoms with Crippen LogP contribution in [-0.4, -0.2) is 31.2 Å². The third kappa shape index (κ3) is 4.27. The van der Waals surface area contributed by atoms with Crippen molar-refractivity contribution < 1.29 is 9.47 Å². The van der Waals surface area contributed by atoms with E-state index in [1.165, 1.54) is 0 Å². The summed E-state index contributed by atoms with van der Waals surface area (Å²) in [5, 5.41) is 6.15. The van der Waals surface area contributed by atoms with Gasteiger partial charge in [0, 0.05) is 23.9 Å². The third-order valence-electron chi connectivity index (χ3n) is 4.06. The number of methoxy groups -OCH3 is 2. The second-order valence-electron chi connectivity index (χ2n) is 5.86. The van der Waals surface area contributed by atoms with Gasteiger partial charge in [-0.15, -0.1) is 0 Å². The number of benzene rings is 2. The molecule has 0 aliphatic rings. The predicted molar refractivity (Wildman–Crippen MR) is 106 cm³/mol. The minimum Gasteiger partial charge on any atom is -0.497 e. The highest BCUT2D eigenvalue weighted by molar-refractivity contribution is 5.66. The molecule has 7 heteroatoms.